The maximum Gasteiger partial charge on any atom is 0.315 e. The van der Waals surface area contributed by atoms with E-state index >= 15 is 0 Å². The molecule has 0 fully saturated rings. The Morgan fingerprint density at radius 1 is 1.30 bits per heavy atom. The number of nitrogens with one attached hydrogen (secondary N) is 2. The summed E-state index contributed by atoms with van der Waals surface area (Å²) in [4.78, 5) is 11.6. The van der Waals surface area contributed by atoms with E-state index in [-0.39, 0.29) is 6.03 Å². The van der Waals surface area contributed by atoms with Crippen LogP contribution in [-0.2, 0) is 11.3 Å². The summed E-state index contributed by atoms with van der Waals surface area (Å²) >= 11 is 0. The SMILES string of the molecule is Cc1cccc(CNC(=O)NCCCOCC(C)C)c1. The normalized spacial score (nSPS) is 10.6. The first-order valence-corrected chi connectivity index (χ1v) is 7.23. The Balaban J connectivity index is 2.06. The predicted molar refractivity (Wildman–Crippen MR) is 81.7 cm³/mol. The molecular weight excluding hydrogens is 252 g/mol. The molecule has 1 rings (SSSR count). The van der Waals surface area contributed by atoms with Crippen molar-refractivity contribution in [2.45, 2.75) is 33.7 Å². The Hall–Kier alpha value is -1.55. The van der Waals surface area contributed by atoms with Crippen molar-refractivity contribution in [3.63, 3.8) is 0 Å². The number of amides is 2. The third-order valence-electron chi connectivity index (χ3n) is 2.74. The van der Waals surface area contributed by atoms with Crippen molar-refractivity contribution in [1.82, 2.24) is 10.6 Å². The molecule has 0 radical (unpaired) electrons. The Bertz CT molecular complexity index is 405. The number of urea groups is 1. The van der Waals surface area contributed by atoms with Gasteiger partial charge in [0, 0.05) is 26.3 Å². The minimum absolute atomic E-state index is 0.129. The molecule has 0 aliphatic rings. The number of hydrogen-bond acceptors (Lipinski definition) is 2. The minimum atomic E-state index is -0.129. The molecule has 1 aromatic carbocycles. The molecule has 0 aromatic heterocycles. The van der Waals surface area contributed by atoms with Crippen molar-refractivity contribution in [3.8, 4) is 0 Å². The van der Waals surface area contributed by atoms with Crippen molar-refractivity contribution in [1.29, 1.82) is 0 Å². The molecule has 0 saturated heterocycles. The maximum absolute atomic E-state index is 11.6. The van der Waals surface area contributed by atoms with Crippen LogP contribution in [0.5, 0.6) is 0 Å². The summed E-state index contributed by atoms with van der Waals surface area (Å²) in [6, 6.07) is 7.99. The van der Waals surface area contributed by atoms with Gasteiger partial charge in [0.2, 0.25) is 0 Å². The zero-order chi connectivity index (χ0) is 14.8. The van der Waals surface area contributed by atoms with Gasteiger partial charge in [-0.2, -0.15) is 0 Å². The van der Waals surface area contributed by atoms with Crippen LogP contribution < -0.4 is 10.6 Å². The Morgan fingerprint density at radius 3 is 2.80 bits per heavy atom. The summed E-state index contributed by atoms with van der Waals surface area (Å²) in [6.45, 7) is 8.94. The first-order chi connectivity index (χ1) is 9.58. The standard InChI is InChI=1S/C16H26N2O2/c1-13(2)12-20-9-5-8-17-16(19)18-11-15-7-4-6-14(3)10-15/h4,6-7,10,13H,5,8-9,11-12H2,1-3H3,(H2,17,18,19). The van der Waals surface area contributed by atoms with Crippen LogP contribution in [-0.4, -0.2) is 25.8 Å². The molecule has 0 bridgehead atoms. The Morgan fingerprint density at radius 2 is 2.10 bits per heavy atom. The van der Waals surface area contributed by atoms with E-state index in [4.69, 9.17) is 4.74 Å². The van der Waals surface area contributed by atoms with E-state index in [0.29, 0.717) is 25.6 Å². The zero-order valence-electron chi connectivity index (χ0n) is 12.7. The fourth-order valence-electron chi connectivity index (χ4n) is 1.76. The van der Waals surface area contributed by atoms with Gasteiger partial charge in [0.25, 0.3) is 0 Å². The second-order valence-electron chi connectivity index (χ2n) is 5.42. The molecule has 0 unspecified atom stereocenters. The molecular formula is C16H26N2O2. The zero-order valence-corrected chi connectivity index (χ0v) is 12.7. The number of aryl methyl sites for hydroxylation is 1. The van der Waals surface area contributed by atoms with Crippen molar-refractivity contribution >= 4 is 6.03 Å². The molecule has 4 heteroatoms. The van der Waals surface area contributed by atoms with Crippen LogP contribution in [0.1, 0.15) is 31.4 Å². The highest BCUT2D eigenvalue weighted by atomic mass is 16.5. The monoisotopic (exact) mass is 278 g/mol. The number of hydrogen-bond donors (Lipinski definition) is 2. The minimum Gasteiger partial charge on any atom is -0.381 e. The molecule has 0 aliphatic heterocycles. The fraction of sp³-hybridized carbons (Fsp3) is 0.562. The lowest BCUT2D eigenvalue weighted by Gasteiger charge is -2.09. The predicted octanol–water partition coefficient (Wildman–Crippen LogP) is 2.86. The smallest absolute Gasteiger partial charge is 0.315 e. The molecule has 2 amide bonds. The molecule has 0 spiro atoms. The molecule has 112 valence electrons. The highest BCUT2D eigenvalue weighted by molar-refractivity contribution is 5.73. The highest BCUT2D eigenvalue weighted by Crippen LogP contribution is 2.02. The maximum atomic E-state index is 11.6. The molecule has 0 saturated carbocycles. The molecule has 0 atom stereocenters. The quantitative estimate of drug-likeness (QED) is 0.718. The van der Waals surface area contributed by atoms with Gasteiger partial charge < -0.3 is 15.4 Å². The third-order valence-corrected chi connectivity index (χ3v) is 2.74. The lowest BCUT2D eigenvalue weighted by Crippen LogP contribution is -2.35. The van der Waals surface area contributed by atoms with E-state index in [1.54, 1.807) is 0 Å². The average molecular weight is 278 g/mol. The highest BCUT2D eigenvalue weighted by Gasteiger charge is 2.00. The number of ether oxygens (including phenoxy) is 1. The summed E-state index contributed by atoms with van der Waals surface area (Å²) in [7, 11) is 0. The van der Waals surface area contributed by atoms with Crippen molar-refractivity contribution in [2.24, 2.45) is 5.92 Å². The van der Waals surface area contributed by atoms with Crippen LogP contribution in [0, 0.1) is 12.8 Å². The largest absolute Gasteiger partial charge is 0.381 e. The van der Waals surface area contributed by atoms with Crippen molar-refractivity contribution in [2.75, 3.05) is 19.8 Å². The van der Waals surface area contributed by atoms with Crippen LogP contribution >= 0.6 is 0 Å². The van der Waals surface area contributed by atoms with Gasteiger partial charge in [0.15, 0.2) is 0 Å². The van der Waals surface area contributed by atoms with Gasteiger partial charge in [-0.3, -0.25) is 0 Å². The lowest BCUT2D eigenvalue weighted by molar-refractivity contribution is 0.108. The Kier molecular flexibility index (Phi) is 7.73. The van der Waals surface area contributed by atoms with Crippen LogP contribution in [0.4, 0.5) is 4.79 Å². The summed E-state index contributed by atoms with van der Waals surface area (Å²) in [5, 5.41) is 5.67. The molecule has 1 aromatic rings. The Labute approximate surface area is 121 Å². The van der Waals surface area contributed by atoms with Gasteiger partial charge >= 0.3 is 6.03 Å². The second-order valence-corrected chi connectivity index (χ2v) is 5.42. The summed E-state index contributed by atoms with van der Waals surface area (Å²) in [5.41, 5.74) is 2.31. The van der Waals surface area contributed by atoms with Gasteiger partial charge in [0.1, 0.15) is 0 Å². The second kappa shape index (κ2) is 9.37. The van der Waals surface area contributed by atoms with E-state index in [1.807, 2.05) is 25.1 Å². The van der Waals surface area contributed by atoms with Crippen LogP contribution in [0.2, 0.25) is 0 Å². The van der Waals surface area contributed by atoms with Crippen molar-refractivity contribution in [3.05, 3.63) is 35.4 Å². The molecule has 4 nitrogen and oxygen atoms in total. The van der Waals surface area contributed by atoms with Crippen LogP contribution in [0.15, 0.2) is 24.3 Å². The third kappa shape index (κ3) is 7.79. The van der Waals surface area contributed by atoms with E-state index in [2.05, 4.69) is 30.5 Å². The number of carbonyl (C=O) groups is 1. The van der Waals surface area contributed by atoms with Gasteiger partial charge in [0.05, 0.1) is 0 Å². The first kappa shape index (κ1) is 16.5. The van der Waals surface area contributed by atoms with Crippen LogP contribution in [0.3, 0.4) is 0 Å². The topological polar surface area (TPSA) is 50.4 Å². The molecule has 2 N–H and O–H groups in total. The molecule has 0 aliphatic carbocycles. The fourth-order valence-corrected chi connectivity index (χ4v) is 1.76. The summed E-state index contributed by atoms with van der Waals surface area (Å²) in [5.74, 6) is 0.556. The van der Waals surface area contributed by atoms with Gasteiger partial charge in [-0.05, 0) is 24.8 Å². The van der Waals surface area contributed by atoms with E-state index in [1.165, 1.54) is 5.56 Å². The van der Waals surface area contributed by atoms with Crippen LogP contribution in [0.25, 0.3) is 0 Å². The van der Waals surface area contributed by atoms with E-state index in [9.17, 15) is 4.79 Å². The van der Waals surface area contributed by atoms with Crippen molar-refractivity contribution < 1.29 is 9.53 Å². The molecule has 20 heavy (non-hydrogen) atoms. The van der Waals surface area contributed by atoms with Gasteiger partial charge in [-0.1, -0.05) is 43.7 Å². The van der Waals surface area contributed by atoms with E-state index in [0.717, 1.165) is 18.6 Å². The first-order valence-electron chi connectivity index (χ1n) is 7.23. The molecule has 0 heterocycles. The average Bonchev–Trinajstić information content (AvgIpc) is 2.40. The van der Waals surface area contributed by atoms with Gasteiger partial charge in [-0.15, -0.1) is 0 Å². The number of rotatable bonds is 8. The summed E-state index contributed by atoms with van der Waals surface area (Å²) < 4.78 is 5.45. The lowest BCUT2D eigenvalue weighted by atomic mass is 10.1. The summed E-state index contributed by atoms with van der Waals surface area (Å²) in [6.07, 6.45) is 0.838. The number of carbonyl (C=O) groups excluding carboxylic acids is 1. The van der Waals surface area contributed by atoms with Gasteiger partial charge in [-0.25, -0.2) is 4.79 Å². The number of benzene rings is 1. The van der Waals surface area contributed by atoms with E-state index < -0.39 is 0 Å².